The Kier molecular flexibility index (Phi) is 6.08. The molecule has 2 atom stereocenters. The molecule has 1 aliphatic heterocycles. The molecule has 2 heterocycles. The van der Waals surface area contributed by atoms with Gasteiger partial charge in [0.25, 0.3) is 11.5 Å². The lowest BCUT2D eigenvalue weighted by Crippen LogP contribution is -2.39. The van der Waals surface area contributed by atoms with E-state index in [9.17, 15) is 19.1 Å². The van der Waals surface area contributed by atoms with Crippen molar-refractivity contribution in [2.24, 2.45) is 0 Å². The lowest BCUT2D eigenvalue weighted by atomic mass is 9.94. The molecule has 0 radical (unpaired) electrons. The van der Waals surface area contributed by atoms with Gasteiger partial charge in [-0.3, -0.25) is 14.2 Å². The number of fused-ring (bicyclic) bond motifs is 1. The Morgan fingerprint density at radius 1 is 1.31 bits per heavy atom. The highest BCUT2D eigenvalue weighted by Crippen LogP contribution is 2.26. The quantitative estimate of drug-likeness (QED) is 0.651. The number of aliphatic hydroxyl groups excluding tert-OH is 1. The van der Waals surface area contributed by atoms with Gasteiger partial charge in [0, 0.05) is 13.7 Å². The maximum atomic E-state index is 14.4. The first kappa shape index (κ1) is 22.1. The van der Waals surface area contributed by atoms with Crippen LogP contribution in [0.1, 0.15) is 45.1 Å². The third-order valence-electron chi connectivity index (χ3n) is 6.30. The van der Waals surface area contributed by atoms with Crippen molar-refractivity contribution >= 4 is 16.8 Å². The SMILES string of the molecule is CNC(=O)c1ccc(Cc2cc3c(=O)n([C@@H]4CCOC[C@H]4O)cnc3c(C)c2C)cc1F. The van der Waals surface area contributed by atoms with E-state index >= 15 is 0 Å². The summed E-state index contributed by atoms with van der Waals surface area (Å²) in [6.07, 6.45) is 1.67. The van der Waals surface area contributed by atoms with Crippen LogP contribution in [0.5, 0.6) is 0 Å². The molecule has 2 N–H and O–H groups in total. The zero-order valence-corrected chi connectivity index (χ0v) is 18.3. The van der Waals surface area contributed by atoms with Crippen LogP contribution in [0.15, 0.2) is 35.4 Å². The Labute approximate surface area is 184 Å². The average molecular weight is 439 g/mol. The van der Waals surface area contributed by atoms with Crippen LogP contribution < -0.4 is 10.9 Å². The predicted octanol–water partition coefficient (Wildman–Crippen LogP) is 2.43. The Morgan fingerprint density at radius 3 is 2.78 bits per heavy atom. The highest BCUT2D eigenvalue weighted by atomic mass is 19.1. The number of aromatic nitrogens is 2. The van der Waals surface area contributed by atoms with Crippen LogP contribution in [0.4, 0.5) is 4.39 Å². The van der Waals surface area contributed by atoms with Crippen LogP contribution in [0.2, 0.25) is 0 Å². The fourth-order valence-electron chi connectivity index (χ4n) is 4.28. The fraction of sp³-hybridized carbons (Fsp3) is 0.375. The van der Waals surface area contributed by atoms with Crippen molar-refractivity contribution in [1.29, 1.82) is 0 Å². The van der Waals surface area contributed by atoms with Gasteiger partial charge in [-0.25, -0.2) is 9.37 Å². The summed E-state index contributed by atoms with van der Waals surface area (Å²) in [6.45, 7) is 4.53. The van der Waals surface area contributed by atoms with Crippen molar-refractivity contribution in [2.75, 3.05) is 20.3 Å². The Morgan fingerprint density at radius 2 is 2.09 bits per heavy atom. The van der Waals surface area contributed by atoms with E-state index in [0.717, 1.165) is 16.7 Å². The van der Waals surface area contributed by atoms with Gasteiger partial charge in [-0.15, -0.1) is 0 Å². The molecule has 0 unspecified atom stereocenters. The number of aliphatic hydroxyl groups is 1. The lowest BCUT2D eigenvalue weighted by molar-refractivity contribution is -0.0395. The van der Waals surface area contributed by atoms with Crippen molar-refractivity contribution in [3.05, 3.63) is 74.6 Å². The number of rotatable bonds is 4. The maximum absolute atomic E-state index is 14.4. The Bertz CT molecular complexity index is 1250. The van der Waals surface area contributed by atoms with Crippen molar-refractivity contribution in [1.82, 2.24) is 14.9 Å². The molecule has 3 aromatic rings. The van der Waals surface area contributed by atoms with E-state index < -0.39 is 17.8 Å². The molecule has 0 aliphatic carbocycles. The topological polar surface area (TPSA) is 93.5 Å². The second-order valence-electron chi connectivity index (χ2n) is 8.21. The molecule has 8 heteroatoms. The van der Waals surface area contributed by atoms with Crippen molar-refractivity contribution < 1.29 is 19.0 Å². The van der Waals surface area contributed by atoms with Crippen LogP contribution in [0, 0.1) is 19.7 Å². The number of benzene rings is 2. The molecule has 168 valence electrons. The van der Waals surface area contributed by atoms with E-state index in [1.165, 1.54) is 30.1 Å². The van der Waals surface area contributed by atoms with Gasteiger partial charge in [-0.1, -0.05) is 6.07 Å². The van der Waals surface area contributed by atoms with E-state index in [2.05, 4.69) is 10.3 Å². The summed E-state index contributed by atoms with van der Waals surface area (Å²) in [4.78, 5) is 29.6. The average Bonchev–Trinajstić information content (AvgIpc) is 2.78. The summed E-state index contributed by atoms with van der Waals surface area (Å²) >= 11 is 0. The van der Waals surface area contributed by atoms with Gasteiger partial charge in [-0.05, 0) is 67.1 Å². The normalized spacial score (nSPS) is 18.7. The molecule has 2 aromatic carbocycles. The number of carbonyl (C=O) groups excluding carboxylic acids is 1. The summed E-state index contributed by atoms with van der Waals surface area (Å²) < 4.78 is 21.2. The molecular formula is C24H26FN3O4. The smallest absolute Gasteiger partial charge is 0.261 e. The summed E-state index contributed by atoms with van der Waals surface area (Å²) in [5.74, 6) is -1.07. The van der Waals surface area contributed by atoms with Crippen molar-refractivity contribution in [2.45, 2.75) is 38.8 Å². The van der Waals surface area contributed by atoms with Crippen LogP contribution in [-0.4, -0.2) is 46.9 Å². The van der Waals surface area contributed by atoms with Gasteiger partial charge >= 0.3 is 0 Å². The number of halogens is 1. The molecule has 0 saturated carbocycles. The number of nitrogens with one attached hydrogen (secondary N) is 1. The number of nitrogens with zero attached hydrogens (tertiary/aromatic N) is 2. The molecule has 1 amide bonds. The zero-order chi connectivity index (χ0) is 23.0. The lowest BCUT2D eigenvalue weighted by Gasteiger charge is -2.29. The molecule has 1 saturated heterocycles. The van der Waals surface area contributed by atoms with Crippen LogP contribution in [0.3, 0.4) is 0 Å². The van der Waals surface area contributed by atoms with Gasteiger partial charge in [0.15, 0.2) is 0 Å². The summed E-state index contributed by atoms with van der Waals surface area (Å²) in [5.41, 5.74) is 3.83. The largest absolute Gasteiger partial charge is 0.389 e. The third-order valence-corrected chi connectivity index (χ3v) is 6.30. The first-order valence-corrected chi connectivity index (χ1v) is 10.6. The van der Waals surface area contributed by atoms with Crippen molar-refractivity contribution in [3.8, 4) is 0 Å². The molecule has 0 spiro atoms. The molecule has 1 aromatic heterocycles. The van der Waals surface area contributed by atoms with Crippen LogP contribution in [-0.2, 0) is 11.2 Å². The standard InChI is InChI=1S/C24H26FN3O4/c1-13-14(2)22-18(24(31)28(12-27-22)20-6-7-32-11-21(20)29)10-16(13)8-15-4-5-17(19(25)9-15)23(30)26-3/h4-5,9-10,12,20-21,29H,6-8,11H2,1-3H3,(H,26,30)/t20-,21-/m1/s1. The maximum Gasteiger partial charge on any atom is 0.261 e. The second-order valence-corrected chi connectivity index (χ2v) is 8.21. The van der Waals surface area contributed by atoms with Gasteiger partial charge in [0.1, 0.15) is 5.82 Å². The number of amides is 1. The zero-order valence-electron chi connectivity index (χ0n) is 18.3. The van der Waals surface area contributed by atoms with E-state index in [1.54, 1.807) is 12.1 Å². The Hall–Kier alpha value is -3.10. The van der Waals surface area contributed by atoms with E-state index in [0.29, 0.717) is 35.9 Å². The molecule has 1 fully saturated rings. The highest BCUT2D eigenvalue weighted by Gasteiger charge is 2.27. The molecule has 7 nitrogen and oxygen atoms in total. The third kappa shape index (κ3) is 3.91. The second kappa shape index (κ2) is 8.80. The number of aryl methyl sites for hydroxylation is 1. The summed E-state index contributed by atoms with van der Waals surface area (Å²) in [5, 5.41) is 13.2. The Balaban J connectivity index is 1.76. The summed E-state index contributed by atoms with van der Waals surface area (Å²) in [7, 11) is 1.46. The molecule has 1 aliphatic rings. The molecule has 32 heavy (non-hydrogen) atoms. The van der Waals surface area contributed by atoms with E-state index in [1.807, 2.05) is 13.8 Å². The minimum Gasteiger partial charge on any atom is -0.389 e. The molecule has 4 rings (SSSR count). The van der Waals surface area contributed by atoms with Crippen LogP contribution in [0.25, 0.3) is 10.9 Å². The van der Waals surface area contributed by atoms with Gasteiger partial charge < -0.3 is 15.2 Å². The molecular weight excluding hydrogens is 413 g/mol. The number of hydrogen-bond donors (Lipinski definition) is 2. The van der Waals surface area contributed by atoms with Crippen molar-refractivity contribution in [3.63, 3.8) is 0 Å². The minimum absolute atomic E-state index is 0.00947. The van der Waals surface area contributed by atoms with Crippen LogP contribution >= 0.6 is 0 Å². The van der Waals surface area contributed by atoms with E-state index in [4.69, 9.17) is 4.74 Å². The van der Waals surface area contributed by atoms with E-state index in [-0.39, 0.29) is 23.8 Å². The first-order chi connectivity index (χ1) is 15.3. The minimum atomic E-state index is -0.770. The van der Waals surface area contributed by atoms with Gasteiger partial charge in [-0.2, -0.15) is 0 Å². The number of ether oxygens (including phenoxy) is 1. The van der Waals surface area contributed by atoms with Gasteiger partial charge in [0.05, 0.1) is 41.5 Å². The number of carbonyl (C=O) groups is 1. The first-order valence-electron chi connectivity index (χ1n) is 10.6. The predicted molar refractivity (Wildman–Crippen MR) is 119 cm³/mol. The fourth-order valence-corrected chi connectivity index (χ4v) is 4.28. The molecule has 0 bridgehead atoms. The summed E-state index contributed by atoms with van der Waals surface area (Å²) in [6, 6.07) is 5.95. The number of hydrogen-bond acceptors (Lipinski definition) is 5. The monoisotopic (exact) mass is 439 g/mol. The highest BCUT2D eigenvalue weighted by molar-refractivity contribution is 5.94. The van der Waals surface area contributed by atoms with Gasteiger partial charge in [0.2, 0.25) is 0 Å².